The van der Waals surface area contributed by atoms with Gasteiger partial charge in [-0.3, -0.25) is 29.1 Å². The van der Waals surface area contributed by atoms with Crippen LogP contribution < -0.4 is 10.2 Å². The fourth-order valence-electron chi connectivity index (χ4n) is 3.57. The number of fused-ring (bicyclic) bond motifs is 2. The molecule has 1 atom stereocenters. The minimum absolute atomic E-state index is 0.125. The topological polar surface area (TPSA) is 117 Å². The molecule has 0 fully saturated rings. The number of nitrogens with zero attached hydrogens (tertiary/aromatic N) is 2. The summed E-state index contributed by atoms with van der Waals surface area (Å²) in [5.41, 5.74) is 0.585. The molecule has 0 radical (unpaired) electrons. The van der Waals surface area contributed by atoms with Gasteiger partial charge in [0.1, 0.15) is 18.3 Å². The maximum atomic E-state index is 13.1. The number of para-hydroxylation sites is 1. The molecular weight excluding hydrogens is 386 g/mol. The van der Waals surface area contributed by atoms with Crippen LogP contribution in [0.15, 0.2) is 60.8 Å². The molecule has 0 saturated carbocycles. The number of carbonyl (C=O) groups is 4. The standard InChI is InChI=1S/C22H17N3O5/c26-18-11-16(22(30)25(12-19(27)28)17-8-4-3-7-15(17)18)24-21(29)20-14-6-2-1-5-13(14)9-10-23-20/h1-10,16H,11-12H2,(H,24,29)(H,27,28). The van der Waals surface area contributed by atoms with Crippen LogP contribution in [0, 0.1) is 0 Å². The number of anilines is 1. The minimum atomic E-state index is -1.23. The molecule has 4 rings (SSSR count). The van der Waals surface area contributed by atoms with Gasteiger partial charge in [0.15, 0.2) is 5.78 Å². The van der Waals surface area contributed by atoms with Gasteiger partial charge in [-0.2, -0.15) is 0 Å². The number of hydrogen-bond donors (Lipinski definition) is 2. The molecule has 1 aromatic heterocycles. The van der Waals surface area contributed by atoms with Crippen molar-refractivity contribution in [3.05, 3.63) is 72.1 Å². The number of hydrogen-bond acceptors (Lipinski definition) is 5. The smallest absolute Gasteiger partial charge is 0.323 e. The summed E-state index contributed by atoms with van der Waals surface area (Å²) in [5, 5.41) is 13.2. The number of rotatable bonds is 4. The average Bonchev–Trinajstić information content (AvgIpc) is 2.84. The van der Waals surface area contributed by atoms with Gasteiger partial charge in [0.05, 0.1) is 5.69 Å². The zero-order valence-electron chi connectivity index (χ0n) is 15.7. The largest absolute Gasteiger partial charge is 0.480 e. The van der Waals surface area contributed by atoms with Gasteiger partial charge in [-0.05, 0) is 23.6 Å². The molecule has 0 spiro atoms. The predicted octanol–water partition coefficient (Wildman–Crippen LogP) is 2.04. The number of carboxylic acids is 1. The summed E-state index contributed by atoms with van der Waals surface area (Å²) < 4.78 is 0. The third-order valence-corrected chi connectivity index (χ3v) is 4.94. The number of ketones is 1. The van der Waals surface area contributed by atoms with Crippen molar-refractivity contribution in [3.63, 3.8) is 0 Å². The Kier molecular flexibility index (Phi) is 4.97. The van der Waals surface area contributed by atoms with Crippen LogP contribution in [0.3, 0.4) is 0 Å². The number of aliphatic carboxylic acids is 1. The zero-order valence-corrected chi connectivity index (χ0v) is 15.7. The zero-order chi connectivity index (χ0) is 21.3. The highest BCUT2D eigenvalue weighted by Crippen LogP contribution is 2.27. The van der Waals surface area contributed by atoms with Crippen LogP contribution in [0.2, 0.25) is 0 Å². The lowest BCUT2D eigenvalue weighted by atomic mass is 10.0. The number of pyridine rings is 1. The first-order valence-corrected chi connectivity index (χ1v) is 9.25. The van der Waals surface area contributed by atoms with Crippen molar-refractivity contribution in [1.82, 2.24) is 10.3 Å². The second-order valence-electron chi connectivity index (χ2n) is 6.87. The van der Waals surface area contributed by atoms with Gasteiger partial charge in [-0.25, -0.2) is 0 Å². The van der Waals surface area contributed by atoms with Crippen LogP contribution in [0.4, 0.5) is 5.69 Å². The van der Waals surface area contributed by atoms with E-state index in [1.54, 1.807) is 30.3 Å². The summed E-state index contributed by atoms with van der Waals surface area (Å²) in [7, 11) is 0. The molecular formula is C22H17N3O5. The number of amides is 2. The van der Waals surface area contributed by atoms with E-state index >= 15 is 0 Å². The minimum Gasteiger partial charge on any atom is -0.480 e. The molecule has 0 saturated heterocycles. The molecule has 8 heteroatoms. The van der Waals surface area contributed by atoms with Gasteiger partial charge >= 0.3 is 5.97 Å². The highest BCUT2D eigenvalue weighted by atomic mass is 16.4. The molecule has 1 unspecified atom stereocenters. The first kappa shape index (κ1) is 19.3. The van der Waals surface area contributed by atoms with E-state index in [-0.39, 0.29) is 29.1 Å². The highest BCUT2D eigenvalue weighted by molar-refractivity contribution is 6.15. The molecule has 1 aliphatic heterocycles. The third kappa shape index (κ3) is 3.50. The van der Waals surface area contributed by atoms with Gasteiger partial charge < -0.3 is 10.4 Å². The lowest BCUT2D eigenvalue weighted by molar-refractivity contribution is -0.136. The Labute approximate surface area is 171 Å². The molecule has 0 bridgehead atoms. The fraction of sp³-hybridized carbons (Fsp3) is 0.136. The molecule has 2 aromatic carbocycles. The van der Waals surface area contributed by atoms with Crippen LogP contribution in [0.1, 0.15) is 27.3 Å². The van der Waals surface area contributed by atoms with Crippen molar-refractivity contribution in [1.29, 1.82) is 0 Å². The molecule has 30 heavy (non-hydrogen) atoms. The van der Waals surface area contributed by atoms with Gasteiger partial charge in [0.2, 0.25) is 0 Å². The van der Waals surface area contributed by atoms with E-state index in [1.807, 2.05) is 12.1 Å². The quantitative estimate of drug-likeness (QED) is 0.689. The molecule has 2 N–H and O–H groups in total. The van der Waals surface area contributed by atoms with Gasteiger partial charge in [-0.1, -0.05) is 36.4 Å². The number of nitrogens with one attached hydrogen (secondary N) is 1. The normalized spacial score (nSPS) is 16.1. The first-order chi connectivity index (χ1) is 14.5. The summed E-state index contributed by atoms with van der Waals surface area (Å²) in [6.07, 6.45) is 1.21. The number of carboxylic acid groups (broad SMARTS) is 1. The Morgan fingerprint density at radius 2 is 1.80 bits per heavy atom. The van der Waals surface area contributed by atoms with E-state index in [9.17, 15) is 24.3 Å². The van der Waals surface area contributed by atoms with E-state index in [0.717, 1.165) is 10.3 Å². The maximum Gasteiger partial charge on any atom is 0.323 e. The van der Waals surface area contributed by atoms with Crippen molar-refractivity contribution in [2.45, 2.75) is 12.5 Å². The number of carbonyl (C=O) groups excluding carboxylic acids is 3. The molecule has 8 nitrogen and oxygen atoms in total. The van der Waals surface area contributed by atoms with Crippen molar-refractivity contribution < 1.29 is 24.3 Å². The van der Waals surface area contributed by atoms with Crippen molar-refractivity contribution in [2.75, 3.05) is 11.4 Å². The predicted molar refractivity (Wildman–Crippen MR) is 108 cm³/mol. The van der Waals surface area contributed by atoms with Crippen LogP contribution >= 0.6 is 0 Å². The SMILES string of the molecule is O=C(O)CN1C(=O)C(NC(=O)c2nccc3ccccc23)CC(=O)c2ccccc21. The van der Waals surface area contributed by atoms with Crippen LogP contribution in [0.5, 0.6) is 0 Å². The summed E-state index contributed by atoms with van der Waals surface area (Å²) in [5.74, 6) is -2.86. The summed E-state index contributed by atoms with van der Waals surface area (Å²) >= 11 is 0. The van der Waals surface area contributed by atoms with E-state index in [2.05, 4.69) is 10.3 Å². The van der Waals surface area contributed by atoms with Crippen LogP contribution in [0.25, 0.3) is 10.8 Å². The summed E-state index contributed by atoms with van der Waals surface area (Å²) in [4.78, 5) is 55.2. The van der Waals surface area contributed by atoms with Gasteiger partial charge in [-0.15, -0.1) is 0 Å². The monoisotopic (exact) mass is 403 g/mol. The first-order valence-electron chi connectivity index (χ1n) is 9.25. The van der Waals surface area contributed by atoms with Crippen molar-refractivity contribution in [2.24, 2.45) is 0 Å². The number of Topliss-reactive ketones (excluding diaryl/α,β-unsaturated/α-hetero) is 1. The Hall–Kier alpha value is -4.07. The second kappa shape index (κ2) is 7.75. The Bertz CT molecular complexity index is 1180. The molecule has 0 aliphatic carbocycles. The van der Waals surface area contributed by atoms with E-state index in [0.29, 0.717) is 5.39 Å². The maximum absolute atomic E-state index is 13.1. The molecule has 2 heterocycles. The van der Waals surface area contributed by atoms with E-state index in [1.165, 1.54) is 18.3 Å². The summed E-state index contributed by atoms with van der Waals surface area (Å²) in [6, 6.07) is 14.0. The van der Waals surface area contributed by atoms with Gasteiger partial charge in [0.25, 0.3) is 11.8 Å². The van der Waals surface area contributed by atoms with Crippen LogP contribution in [-0.2, 0) is 9.59 Å². The Balaban J connectivity index is 1.69. The number of aromatic nitrogens is 1. The van der Waals surface area contributed by atoms with Crippen LogP contribution in [-0.4, -0.2) is 46.2 Å². The second-order valence-corrected chi connectivity index (χ2v) is 6.87. The molecule has 150 valence electrons. The molecule has 2 amide bonds. The van der Waals surface area contributed by atoms with Crippen molar-refractivity contribution >= 4 is 40.0 Å². The third-order valence-electron chi connectivity index (χ3n) is 4.94. The lowest BCUT2D eigenvalue weighted by Gasteiger charge is -2.24. The van der Waals surface area contributed by atoms with Crippen molar-refractivity contribution in [3.8, 4) is 0 Å². The Morgan fingerprint density at radius 1 is 1.07 bits per heavy atom. The highest BCUT2D eigenvalue weighted by Gasteiger charge is 2.36. The van der Waals surface area contributed by atoms with E-state index in [4.69, 9.17) is 0 Å². The fourth-order valence-corrected chi connectivity index (χ4v) is 3.57. The van der Waals surface area contributed by atoms with Gasteiger partial charge in [0, 0.05) is 23.6 Å². The molecule has 3 aromatic rings. The summed E-state index contributed by atoms with van der Waals surface area (Å²) in [6.45, 7) is -0.623. The lowest BCUT2D eigenvalue weighted by Crippen LogP contribution is -2.49. The Morgan fingerprint density at radius 3 is 2.60 bits per heavy atom. The number of benzene rings is 2. The average molecular weight is 403 g/mol. The molecule has 1 aliphatic rings. The van der Waals surface area contributed by atoms with E-state index < -0.39 is 30.4 Å².